The van der Waals surface area contributed by atoms with Crippen LogP contribution in [0.4, 0.5) is 0 Å². The van der Waals surface area contributed by atoms with Gasteiger partial charge >= 0.3 is 0 Å². The van der Waals surface area contributed by atoms with Crippen LogP contribution in [0.3, 0.4) is 0 Å². The maximum absolute atomic E-state index is 5.88. The van der Waals surface area contributed by atoms with Crippen LogP contribution in [0.25, 0.3) is 0 Å². The summed E-state index contributed by atoms with van der Waals surface area (Å²) >= 11 is 0. The van der Waals surface area contributed by atoms with Crippen molar-refractivity contribution < 1.29 is 18.9 Å². The van der Waals surface area contributed by atoms with E-state index < -0.39 is 0 Å². The molecular weight excluding hydrogens is 394 g/mol. The number of hydrogen-bond acceptors (Lipinski definition) is 5. The standard InChI is InChI=1S/C24H35N3O4/c1-5-25-24(26-17-20-7-10-22(11-8-20)30-14-12-28-3)27-18-21-9-6-19(2)16-23(21)31-15-13-29-4/h6-11,16H,5,12-15,17-18H2,1-4H3,(H2,25,26,27). The minimum absolute atomic E-state index is 0.520. The summed E-state index contributed by atoms with van der Waals surface area (Å²) in [7, 11) is 3.33. The molecule has 7 nitrogen and oxygen atoms in total. The van der Waals surface area contributed by atoms with E-state index in [1.54, 1.807) is 14.2 Å². The van der Waals surface area contributed by atoms with Crippen LogP contribution in [-0.4, -0.2) is 53.2 Å². The van der Waals surface area contributed by atoms with E-state index in [1.165, 1.54) is 0 Å². The van der Waals surface area contributed by atoms with Crippen LogP contribution in [0, 0.1) is 6.92 Å². The van der Waals surface area contributed by atoms with Crippen molar-refractivity contribution in [2.75, 3.05) is 47.2 Å². The molecule has 0 bridgehead atoms. The lowest BCUT2D eigenvalue weighted by molar-refractivity contribution is 0.145. The van der Waals surface area contributed by atoms with Gasteiger partial charge in [0.25, 0.3) is 0 Å². The first-order valence-corrected chi connectivity index (χ1v) is 10.6. The Bertz CT molecular complexity index is 794. The first-order chi connectivity index (χ1) is 15.2. The van der Waals surface area contributed by atoms with Gasteiger partial charge in [-0.2, -0.15) is 0 Å². The number of guanidine groups is 1. The van der Waals surface area contributed by atoms with Crippen LogP contribution in [0.2, 0.25) is 0 Å². The summed E-state index contributed by atoms with van der Waals surface area (Å²) in [4.78, 5) is 4.70. The molecule has 2 N–H and O–H groups in total. The summed E-state index contributed by atoms with van der Waals surface area (Å²) in [6, 6.07) is 14.2. The fraction of sp³-hybridized carbons (Fsp3) is 0.458. The number of nitrogens with zero attached hydrogens (tertiary/aromatic N) is 1. The summed E-state index contributed by atoms with van der Waals surface area (Å²) in [6.45, 7) is 8.26. The van der Waals surface area contributed by atoms with Crippen molar-refractivity contribution >= 4 is 5.96 Å². The number of aliphatic imine (C=N–C) groups is 1. The van der Waals surface area contributed by atoms with Crippen molar-refractivity contribution in [3.63, 3.8) is 0 Å². The average Bonchev–Trinajstić information content (AvgIpc) is 2.78. The number of rotatable bonds is 13. The van der Waals surface area contributed by atoms with E-state index in [-0.39, 0.29) is 0 Å². The molecule has 0 radical (unpaired) electrons. The smallest absolute Gasteiger partial charge is 0.191 e. The third-order valence-electron chi connectivity index (χ3n) is 4.46. The molecular formula is C24H35N3O4. The van der Waals surface area contributed by atoms with Crippen LogP contribution in [-0.2, 0) is 22.6 Å². The molecule has 0 atom stereocenters. The molecule has 0 amide bonds. The number of hydrogen-bond donors (Lipinski definition) is 2. The highest BCUT2D eigenvalue weighted by Crippen LogP contribution is 2.20. The molecule has 0 spiro atoms. The Labute approximate surface area is 185 Å². The SMILES string of the molecule is CCNC(=NCc1ccc(OCCOC)cc1)NCc1ccc(C)cc1OCCOC. The molecule has 7 heteroatoms. The predicted octanol–water partition coefficient (Wildman–Crippen LogP) is 3.30. The molecule has 0 aliphatic heterocycles. The van der Waals surface area contributed by atoms with Crippen molar-refractivity contribution in [3.05, 3.63) is 59.2 Å². The van der Waals surface area contributed by atoms with Crippen LogP contribution in [0.15, 0.2) is 47.5 Å². The van der Waals surface area contributed by atoms with Gasteiger partial charge in [-0.3, -0.25) is 0 Å². The summed E-state index contributed by atoms with van der Waals surface area (Å²) in [5, 5.41) is 6.68. The molecule has 0 aromatic heterocycles. The topological polar surface area (TPSA) is 73.3 Å². The molecule has 0 saturated heterocycles. The Morgan fingerprint density at radius 3 is 2.26 bits per heavy atom. The first-order valence-electron chi connectivity index (χ1n) is 10.6. The van der Waals surface area contributed by atoms with Gasteiger partial charge in [-0.15, -0.1) is 0 Å². The van der Waals surface area contributed by atoms with Crippen molar-refractivity contribution in [1.82, 2.24) is 10.6 Å². The normalized spacial score (nSPS) is 11.3. The molecule has 2 aromatic carbocycles. The van der Waals surface area contributed by atoms with Gasteiger partial charge < -0.3 is 29.6 Å². The zero-order valence-electron chi connectivity index (χ0n) is 19.1. The Hall–Kier alpha value is -2.77. The van der Waals surface area contributed by atoms with Crippen molar-refractivity contribution in [3.8, 4) is 11.5 Å². The quantitative estimate of drug-likeness (QED) is 0.289. The Kier molecular flexibility index (Phi) is 11.3. The van der Waals surface area contributed by atoms with Gasteiger partial charge in [-0.05, 0) is 43.2 Å². The number of methoxy groups -OCH3 is 2. The lowest BCUT2D eigenvalue weighted by Crippen LogP contribution is -2.36. The number of ether oxygens (including phenoxy) is 4. The molecule has 31 heavy (non-hydrogen) atoms. The average molecular weight is 430 g/mol. The van der Waals surface area contributed by atoms with Crippen molar-refractivity contribution in [2.45, 2.75) is 26.9 Å². The molecule has 2 rings (SSSR count). The zero-order chi connectivity index (χ0) is 22.3. The van der Waals surface area contributed by atoms with E-state index in [9.17, 15) is 0 Å². The largest absolute Gasteiger partial charge is 0.491 e. The van der Waals surface area contributed by atoms with E-state index in [0.717, 1.165) is 40.7 Å². The molecule has 0 unspecified atom stereocenters. The second-order valence-electron chi connectivity index (χ2n) is 6.99. The van der Waals surface area contributed by atoms with Gasteiger partial charge in [-0.1, -0.05) is 24.3 Å². The minimum Gasteiger partial charge on any atom is -0.491 e. The first kappa shape index (κ1) is 24.5. The number of nitrogens with one attached hydrogen (secondary N) is 2. The number of aryl methyl sites for hydroxylation is 1. The van der Waals surface area contributed by atoms with Crippen LogP contribution in [0.1, 0.15) is 23.6 Å². The van der Waals surface area contributed by atoms with Gasteiger partial charge in [-0.25, -0.2) is 4.99 Å². The molecule has 170 valence electrons. The monoisotopic (exact) mass is 429 g/mol. The summed E-state index contributed by atoms with van der Waals surface area (Å²) in [6.07, 6.45) is 0. The van der Waals surface area contributed by atoms with Gasteiger partial charge in [0.2, 0.25) is 0 Å². The van der Waals surface area contributed by atoms with E-state index in [4.69, 9.17) is 23.9 Å². The van der Waals surface area contributed by atoms with Gasteiger partial charge in [0, 0.05) is 32.9 Å². The maximum atomic E-state index is 5.88. The fourth-order valence-electron chi connectivity index (χ4n) is 2.80. The highest BCUT2D eigenvalue weighted by Gasteiger charge is 2.06. The fourth-order valence-corrected chi connectivity index (χ4v) is 2.80. The lowest BCUT2D eigenvalue weighted by Gasteiger charge is -2.15. The summed E-state index contributed by atoms with van der Waals surface area (Å²) < 4.78 is 21.6. The van der Waals surface area contributed by atoms with Crippen molar-refractivity contribution in [1.29, 1.82) is 0 Å². The van der Waals surface area contributed by atoms with E-state index in [0.29, 0.717) is 39.5 Å². The zero-order valence-corrected chi connectivity index (χ0v) is 19.1. The lowest BCUT2D eigenvalue weighted by atomic mass is 10.1. The Balaban J connectivity index is 1.96. The Morgan fingerprint density at radius 2 is 1.58 bits per heavy atom. The molecule has 0 aliphatic rings. The van der Waals surface area contributed by atoms with Gasteiger partial charge in [0.05, 0.1) is 19.8 Å². The predicted molar refractivity (Wildman–Crippen MR) is 124 cm³/mol. The van der Waals surface area contributed by atoms with Crippen LogP contribution < -0.4 is 20.1 Å². The highest BCUT2D eigenvalue weighted by molar-refractivity contribution is 5.79. The second kappa shape index (κ2) is 14.3. The third kappa shape index (κ3) is 9.27. The maximum Gasteiger partial charge on any atom is 0.191 e. The van der Waals surface area contributed by atoms with Crippen LogP contribution in [0.5, 0.6) is 11.5 Å². The molecule has 0 saturated carbocycles. The summed E-state index contributed by atoms with van der Waals surface area (Å²) in [5.41, 5.74) is 3.34. The molecule has 0 aliphatic carbocycles. The third-order valence-corrected chi connectivity index (χ3v) is 4.46. The molecule has 2 aromatic rings. The minimum atomic E-state index is 0.520. The number of benzene rings is 2. The second-order valence-corrected chi connectivity index (χ2v) is 6.99. The van der Waals surface area contributed by atoms with E-state index >= 15 is 0 Å². The van der Waals surface area contributed by atoms with Crippen molar-refractivity contribution in [2.24, 2.45) is 4.99 Å². The van der Waals surface area contributed by atoms with Gasteiger partial charge in [0.1, 0.15) is 24.7 Å². The van der Waals surface area contributed by atoms with E-state index in [1.807, 2.05) is 30.3 Å². The van der Waals surface area contributed by atoms with E-state index in [2.05, 4.69) is 36.6 Å². The van der Waals surface area contributed by atoms with Crippen LogP contribution >= 0.6 is 0 Å². The Morgan fingerprint density at radius 1 is 0.871 bits per heavy atom. The summed E-state index contributed by atoms with van der Waals surface area (Å²) in [5.74, 6) is 2.45. The highest BCUT2D eigenvalue weighted by atomic mass is 16.5. The molecule has 0 heterocycles. The molecule has 0 fully saturated rings. The van der Waals surface area contributed by atoms with Gasteiger partial charge in [0.15, 0.2) is 5.96 Å².